The van der Waals surface area contributed by atoms with Gasteiger partial charge in [-0.1, -0.05) is 31.4 Å². The molecule has 0 radical (unpaired) electrons. The van der Waals surface area contributed by atoms with E-state index in [1.807, 2.05) is 6.07 Å². The molecular weight excluding hydrogens is 215 g/mol. The predicted molar refractivity (Wildman–Crippen MR) is 69.2 cm³/mol. The summed E-state index contributed by atoms with van der Waals surface area (Å²) in [4.78, 5) is 2.31. The first-order valence-corrected chi connectivity index (χ1v) is 6.41. The Hall–Kier alpha value is -1.09. The van der Waals surface area contributed by atoms with Gasteiger partial charge in [0.1, 0.15) is 5.82 Å². The van der Waals surface area contributed by atoms with Crippen LogP contribution in [-0.2, 0) is 6.54 Å². The normalized spacial score (nSPS) is 17.6. The Kier molecular flexibility index (Phi) is 4.00. The zero-order valence-electron chi connectivity index (χ0n) is 10.5. The van der Waals surface area contributed by atoms with Crippen LogP contribution in [-0.4, -0.2) is 18.0 Å². The second-order valence-electron chi connectivity index (χ2n) is 5.02. The molecule has 1 aliphatic rings. The van der Waals surface area contributed by atoms with Gasteiger partial charge in [0.25, 0.3) is 0 Å². The second kappa shape index (κ2) is 5.50. The number of anilines is 1. The molecule has 0 saturated heterocycles. The quantitative estimate of drug-likeness (QED) is 0.817. The predicted octanol–water partition coefficient (Wildman–Crippen LogP) is 3.17. The molecule has 94 valence electrons. The third-order valence-corrected chi connectivity index (χ3v) is 3.76. The molecule has 0 amide bonds. The van der Waals surface area contributed by atoms with Gasteiger partial charge in [-0.2, -0.15) is 0 Å². The van der Waals surface area contributed by atoms with E-state index < -0.39 is 0 Å². The first-order valence-electron chi connectivity index (χ1n) is 6.41. The van der Waals surface area contributed by atoms with Crippen LogP contribution in [0.25, 0.3) is 0 Å². The number of hydrogen-bond acceptors (Lipinski definition) is 2. The molecule has 0 aromatic heterocycles. The van der Waals surface area contributed by atoms with Gasteiger partial charge < -0.3 is 5.73 Å². The van der Waals surface area contributed by atoms with Gasteiger partial charge in [-0.05, 0) is 31.5 Å². The summed E-state index contributed by atoms with van der Waals surface area (Å²) in [5.41, 5.74) is 6.96. The number of nitrogens with zero attached hydrogens (tertiary/aromatic N) is 1. The summed E-state index contributed by atoms with van der Waals surface area (Å²) in [6, 6.07) is 5.69. The molecule has 2 nitrogen and oxygen atoms in total. The third kappa shape index (κ3) is 2.97. The zero-order valence-corrected chi connectivity index (χ0v) is 10.5. The van der Waals surface area contributed by atoms with E-state index in [4.69, 9.17) is 5.73 Å². The van der Waals surface area contributed by atoms with Crippen molar-refractivity contribution in [3.63, 3.8) is 0 Å². The van der Waals surface area contributed by atoms with E-state index in [0.717, 1.165) is 12.1 Å². The van der Waals surface area contributed by atoms with Crippen molar-refractivity contribution >= 4 is 5.69 Å². The van der Waals surface area contributed by atoms with Crippen molar-refractivity contribution in [3.8, 4) is 0 Å². The van der Waals surface area contributed by atoms with Crippen LogP contribution in [0, 0.1) is 5.82 Å². The minimum atomic E-state index is -0.306. The van der Waals surface area contributed by atoms with Gasteiger partial charge in [0.15, 0.2) is 0 Å². The molecule has 0 heterocycles. The fraction of sp³-hybridized carbons (Fsp3) is 0.571. The molecule has 2 N–H and O–H groups in total. The summed E-state index contributed by atoms with van der Waals surface area (Å²) < 4.78 is 13.3. The third-order valence-electron chi connectivity index (χ3n) is 3.76. The molecule has 0 spiro atoms. The molecule has 3 heteroatoms. The van der Waals surface area contributed by atoms with Crippen molar-refractivity contribution in [2.24, 2.45) is 0 Å². The number of nitrogen functional groups attached to an aromatic ring is 1. The highest BCUT2D eigenvalue weighted by atomic mass is 19.1. The van der Waals surface area contributed by atoms with Gasteiger partial charge in [-0.3, -0.25) is 4.90 Å². The lowest BCUT2D eigenvalue weighted by molar-refractivity contribution is 0.184. The molecule has 1 aromatic carbocycles. The number of hydrogen-bond donors (Lipinski definition) is 1. The average molecular weight is 236 g/mol. The zero-order chi connectivity index (χ0) is 12.3. The summed E-state index contributed by atoms with van der Waals surface area (Å²) in [5, 5.41) is 0. The van der Waals surface area contributed by atoms with E-state index in [1.165, 1.54) is 38.2 Å². The molecular formula is C14H21FN2. The topological polar surface area (TPSA) is 29.3 Å². The maximum atomic E-state index is 13.3. The fourth-order valence-corrected chi connectivity index (χ4v) is 2.64. The summed E-state index contributed by atoms with van der Waals surface area (Å²) in [5.74, 6) is -0.306. The van der Waals surface area contributed by atoms with Crippen LogP contribution in [0.5, 0.6) is 0 Å². The van der Waals surface area contributed by atoms with Crippen molar-refractivity contribution < 1.29 is 4.39 Å². The van der Waals surface area contributed by atoms with Gasteiger partial charge in [0.2, 0.25) is 0 Å². The van der Waals surface area contributed by atoms with Gasteiger partial charge >= 0.3 is 0 Å². The van der Waals surface area contributed by atoms with E-state index in [-0.39, 0.29) is 5.82 Å². The van der Waals surface area contributed by atoms with Crippen LogP contribution in [0.15, 0.2) is 18.2 Å². The lowest BCUT2D eigenvalue weighted by Crippen LogP contribution is -2.33. The van der Waals surface area contributed by atoms with Crippen LogP contribution < -0.4 is 5.73 Å². The van der Waals surface area contributed by atoms with Crippen molar-refractivity contribution in [1.82, 2.24) is 4.90 Å². The molecule has 1 aromatic rings. The van der Waals surface area contributed by atoms with E-state index in [0.29, 0.717) is 11.7 Å². The van der Waals surface area contributed by atoms with Gasteiger partial charge in [-0.15, -0.1) is 0 Å². The van der Waals surface area contributed by atoms with Crippen molar-refractivity contribution in [2.45, 2.75) is 44.7 Å². The lowest BCUT2D eigenvalue weighted by atomic mass is 9.94. The molecule has 0 unspecified atom stereocenters. The Morgan fingerprint density at radius 1 is 1.29 bits per heavy atom. The molecule has 1 saturated carbocycles. The number of halogens is 1. The first-order chi connectivity index (χ1) is 8.18. The molecule has 17 heavy (non-hydrogen) atoms. The van der Waals surface area contributed by atoms with Crippen molar-refractivity contribution in [3.05, 3.63) is 29.6 Å². The van der Waals surface area contributed by atoms with E-state index >= 15 is 0 Å². The largest absolute Gasteiger partial charge is 0.396 e. The van der Waals surface area contributed by atoms with Gasteiger partial charge in [0.05, 0.1) is 5.69 Å². The number of nitrogens with two attached hydrogens (primary N) is 1. The van der Waals surface area contributed by atoms with E-state index in [1.54, 1.807) is 6.07 Å². The Bertz CT molecular complexity index is 372. The van der Waals surface area contributed by atoms with E-state index in [2.05, 4.69) is 11.9 Å². The maximum absolute atomic E-state index is 13.3. The van der Waals surface area contributed by atoms with Crippen molar-refractivity contribution in [1.29, 1.82) is 0 Å². The molecule has 1 fully saturated rings. The number of rotatable bonds is 3. The number of para-hydroxylation sites is 1. The van der Waals surface area contributed by atoms with Crippen LogP contribution in [0.3, 0.4) is 0 Å². The smallest absolute Gasteiger partial charge is 0.146 e. The SMILES string of the molecule is CN(Cc1cccc(F)c1N)C1CCCCC1. The van der Waals surface area contributed by atoms with Crippen molar-refractivity contribution in [2.75, 3.05) is 12.8 Å². The molecule has 2 rings (SSSR count). The van der Waals surface area contributed by atoms with Crippen LogP contribution >= 0.6 is 0 Å². The molecule has 0 aliphatic heterocycles. The fourth-order valence-electron chi connectivity index (χ4n) is 2.64. The minimum absolute atomic E-state index is 0.301. The van der Waals surface area contributed by atoms with Crippen LogP contribution in [0.1, 0.15) is 37.7 Å². The molecule has 1 aliphatic carbocycles. The first kappa shape index (κ1) is 12.4. The lowest BCUT2D eigenvalue weighted by Gasteiger charge is -2.31. The minimum Gasteiger partial charge on any atom is -0.396 e. The Morgan fingerprint density at radius 2 is 2.00 bits per heavy atom. The summed E-state index contributed by atoms with van der Waals surface area (Å²) in [7, 11) is 2.11. The summed E-state index contributed by atoms with van der Waals surface area (Å²) >= 11 is 0. The maximum Gasteiger partial charge on any atom is 0.146 e. The van der Waals surface area contributed by atoms with Gasteiger partial charge in [0, 0.05) is 12.6 Å². The molecule has 0 atom stereocenters. The highest BCUT2D eigenvalue weighted by Crippen LogP contribution is 2.24. The highest BCUT2D eigenvalue weighted by Gasteiger charge is 2.18. The Labute approximate surface area is 103 Å². The highest BCUT2D eigenvalue weighted by molar-refractivity contribution is 5.47. The van der Waals surface area contributed by atoms with Gasteiger partial charge in [-0.25, -0.2) is 4.39 Å². The monoisotopic (exact) mass is 236 g/mol. The number of benzene rings is 1. The molecule has 0 bridgehead atoms. The van der Waals surface area contributed by atoms with E-state index in [9.17, 15) is 4.39 Å². The van der Waals surface area contributed by atoms with Crippen LogP contribution in [0.2, 0.25) is 0 Å². The van der Waals surface area contributed by atoms with Crippen LogP contribution in [0.4, 0.5) is 10.1 Å². The summed E-state index contributed by atoms with van der Waals surface area (Å²) in [6.45, 7) is 0.744. The Balaban J connectivity index is 2.01. The second-order valence-corrected chi connectivity index (χ2v) is 5.02. The average Bonchev–Trinajstić information content (AvgIpc) is 2.36. The standard InChI is InChI=1S/C14H21FN2/c1-17(12-7-3-2-4-8-12)10-11-6-5-9-13(15)14(11)16/h5-6,9,12H,2-4,7-8,10,16H2,1H3. The summed E-state index contributed by atoms with van der Waals surface area (Å²) in [6.07, 6.45) is 6.49. The Morgan fingerprint density at radius 3 is 2.71 bits per heavy atom.